The molecule has 5 heteroatoms. The Kier molecular flexibility index (Phi) is 4.55. The van der Waals surface area contributed by atoms with Crippen LogP contribution in [0, 0.1) is 12.7 Å². The fourth-order valence-corrected chi connectivity index (χ4v) is 2.06. The Morgan fingerprint density at radius 2 is 2.05 bits per heavy atom. The number of benzene rings is 2. The summed E-state index contributed by atoms with van der Waals surface area (Å²) in [5.41, 5.74) is 2.07. The zero-order valence-electron chi connectivity index (χ0n) is 11.8. The Morgan fingerprint density at radius 3 is 2.67 bits per heavy atom. The van der Waals surface area contributed by atoms with Crippen LogP contribution in [0.2, 0.25) is 0 Å². The van der Waals surface area contributed by atoms with Crippen LogP contribution >= 0.6 is 0 Å². The second-order valence-corrected chi connectivity index (χ2v) is 4.60. The molecule has 0 atom stereocenters. The van der Waals surface area contributed by atoms with E-state index in [2.05, 4.69) is 5.32 Å². The maximum absolute atomic E-state index is 13.0. The molecule has 2 aromatic rings. The van der Waals surface area contributed by atoms with Gasteiger partial charge >= 0.3 is 0 Å². The van der Waals surface area contributed by atoms with Gasteiger partial charge in [0.15, 0.2) is 0 Å². The van der Waals surface area contributed by atoms with E-state index in [-0.39, 0.29) is 18.3 Å². The number of carbonyl (C=O) groups excluding carboxylic acids is 1. The summed E-state index contributed by atoms with van der Waals surface area (Å²) < 4.78 is 18.1. The van der Waals surface area contributed by atoms with E-state index in [0.29, 0.717) is 28.1 Å². The molecule has 0 radical (unpaired) electrons. The second kappa shape index (κ2) is 6.37. The highest BCUT2D eigenvalue weighted by Gasteiger charge is 2.11. The van der Waals surface area contributed by atoms with Crippen molar-refractivity contribution in [2.24, 2.45) is 0 Å². The summed E-state index contributed by atoms with van der Waals surface area (Å²) >= 11 is 0. The minimum atomic E-state index is -0.379. The first-order valence-corrected chi connectivity index (χ1v) is 6.40. The average molecular weight is 289 g/mol. The van der Waals surface area contributed by atoms with Crippen molar-refractivity contribution in [1.82, 2.24) is 0 Å². The number of anilines is 1. The molecule has 0 bridgehead atoms. The second-order valence-electron chi connectivity index (χ2n) is 4.60. The standard InChI is InChI=1S/C16H16FNO3/c1-10-7-12(17)3-5-14(10)16(20)18-13-4-6-15(21-2)11(8-13)9-19/h3-8,19H,9H2,1-2H3,(H,18,20). The van der Waals surface area contributed by atoms with E-state index >= 15 is 0 Å². The Bertz CT molecular complexity index is 671. The van der Waals surface area contributed by atoms with Crippen LogP contribution in [0.25, 0.3) is 0 Å². The summed E-state index contributed by atoms with van der Waals surface area (Å²) in [6.45, 7) is 1.48. The molecule has 0 spiro atoms. The third-order valence-corrected chi connectivity index (χ3v) is 3.14. The maximum Gasteiger partial charge on any atom is 0.255 e. The Hall–Kier alpha value is -2.40. The molecule has 0 fully saturated rings. The summed E-state index contributed by atoms with van der Waals surface area (Å²) in [6, 6.07) is 8.97. The van der Waals surface area contributed by atoms with Gasteiger partial charge in [-0.1, -0.05) is 0 Å². The van der Waals surface area contributed by atoms with Crippen molar-refractivity contribution in [2.75, 3.05) is 12.4 Å². The molecule has 0 aliphatic carbocycles. The monoisotopic (exact) mass is 289 g/mol. The normalized spacial score (nSPS) is 10.3. The molecule has 21 heavy (non-hydrogen) atoms. The van der Waals surface area contributed by atoms with E-state index in [1.165, 1.54) is 25.3 Å². The van der Waals surface area contributed by atoms with Crippen molar-refractivity contribution >= 4 is 11.6 Å². The number of aliphatic hydroxyl groups is 1. The van der Waals surface area contributed by atoms with Gasteiger partial charge in [0.1, 0.15) is 11.6 Å². The van der Waals surface area contributed by atoms with Crippen molar-refractivity contribution in [1.29, 1.82) is 0 Å². The van der Waals surface area contributed by atoms with Gasteiger partial charge in [-0.15, -0.1) is 0 Å². The number of amides is 1. The molecule has 0 saturated carbocycles. The molecule has 0 heterocycles. The Balaban J connectivity index is 2.23. The summed E-state index contributed by atoms with van der Waals surface area (Å²) in [4.78, 5) is 12.2. The number of aliphatic hydroxyl groups excluding tert-OH is 1. The molecule has 4 nitrogen and oxygen atoms in total. The fourth-order valence-electron chi connectivity index (χ4n) is 2.06. The number of ether oxygens (including phenoxy) is 1. The quantitative estimate of drug-likeness (QED) is 0.910. The minimum Gasteiger partial charge on any atom is -0.496 e. The van der Waals surface area contributed by atoms with Gasteiger partial charge in [-0.2, -0.15) is 0 Å². The molecule has 0 aliphatic rings. The summed E-state index contributed by atoms with van der Waals surface area (Å²) in [5.74, 6) is -0.161. The van der Waals surface area contributed by atoms with Gasteiger partial charge in [0, 0.05) is 16.8 Å². The van der Waals surface area contributed by atoms with Gasteiger partial charge in [0.25, 0.3) is 5.91 Å². The van der Waals surface area contributed by atoms with Crippen LogP contribution in [0.15, 0.2) is 36.4 Å². The minimum absolute atomic E-state index is 0.192. The number of hydrogen-bond donors (Lipinski definition) is 2. The van der Waals surface area contributed by atoms with Crippen molar-refractivity contribution in [3.63, 3.8) is 0 Å². The van der Waals surface area contributed by atoms with E-state index < -0.39 is 0 Å². The molecular weight excluding hydrogens is 273 g/mol. The van der Waals surface area contributed by atoms with Gasteiger partial charge in [0.2, 0.25) is 0 Å². The molecule has 2 rings (SSSR count). The summed E-state index contributed by atoms with van der Waals surface area (Å²) in [5, 5.41) is 12.0. The van der Waals surface area contributed by atoms with E-state index in [1.54, 1.807) is 25.1 Å². The van der Waals surface area contributed by atoms with E-state index in [4.69, 9.17) is 4.74 Å². The highest BCUT2D eigenvalue weighted by Crippen LogP contribution is 2.23. The lowest BCUT2D eigenvalue weighted by Crippen LogP contribution is -2.13. The van der Waals surface area contributed by atoms with E-state index in [1.807, 2.05) is 0 Å². The van der Waals surface area contributed by atoms with Crippen LogP contribution in [-0.2, 0) is 6.61 Å². The van der Waals surface area contributed by atoms with Crippen LogP contribution in [0.5, 0.6) is 5.75 Å². The molecule has 0 unspecified atom stereocenters. The Labute approximate surface area is 122 Å². The average Bonchev–Trinajstić information content (AvgIpc) is 2.46. The number of hydrogen-bond acceptors (Lipinski definition) is 3. The van der Waals surface area contributed by atoms with Gasteiger partial charge in [-0.05, 0) is 48.9 Å². The van der Waals surface area contributed by atoms with Crippen LogP contribution < -0.4 is 10.1 Å². The van der Waals surface area contributed by atoms with E-state index in [0.717, 1.165) is 0 Å². The third-order valence-electron chi connectivity index (χ3n) is 3.14. The van der Waals surface area contributed by atoms with Gasteiger partial charge in [0.05, 0.1) is 13.7 Å². The highest BCUT2D eigenvalue weighted by molar-refractivity contribution is 6.05. The predicted octanol–water partition coefficient (Wildman–Crippen LogP) is 2.89. The number of methoxy groups -OCH3 is 1. The predicted molar refractivity (Wildman–Crippen MR) is 78.0 cm³/mol. The molecule has 2 N–H and O–H groups in total. The molecule has 2 aromatic carbocycles. The van der Waals surface area contributed by atoms with Crippen molar-refractivity contribution in [2.45, 2.75) is 13.5 Å². The summed E-state index contributed by atoms with van der Waals surface area (Å²) in [7, 11) is 1.51. The Morgan fingerprint density at radius 1 is 1.29 bits per heavy atom. The topological polar surface area (TPSA) is 58.6 Å². The molecule has 1 amide bonds. The van der Waals surface area contributed by atoms with Crippen molar-refractivity contribution in [3.8, 4) is 5.75 Å². The lowest BCUT2D eigenvalue weighted by Gasteiger charge is -2.11. The molecule has 0 aromatic heterocycles. The molecule has 0 aliphatic heterocycles. The molecule has 0 saturated heterocycles. The number of nitrogens with one attached hydrogen (secondary N) is 1. The zero-order valence-corrected chi connectivity index (χ0v) is 11.8. The van der Waals surface area contributed by atoms with Crippen molar-refractivity contribution < 1.29 is 19.0 Å². The third kappa shape index (κ3) is 3.38. The van der Waals surface area contributed by atoms with E-state index in [9.17, 15) is 14.3 Å². The lowest BCUT2D eigenvalue weighted by atomic mass is 10.1. The SMILES string of the molecule is COc1ccc(NC(=O)c2ccc(F)cc2C)cc1CO. The zero-order chi connectivity index (χ0) is 15.4. The lowest BCUT2D eigenvalue weighted by molar-refractivity contribution is 0.102. The summed E-state index contributed by atoms with van der Waals surface area (Å²) in [6.07, 6.45) is 0. The van der Waals surface area contributed by atoms with Crippen LogP contribution in [0.1, 0.15) is 21.5 Å². The number of rotatable bonds is 4. The number of carbonyl (C=O) groups is 1. The number of halogens is 1. The molecular formula is C16H16FNO3. The highest BCUT2D eigenvalue weighted by atomic mass is 19.1. The largest absolute Gasteiger partial charge is 0.496 e. The fraction of sp³-hybridized carbons (Fsp3) is 0.188. The molecule has 110 valence electrons. The van der Waals surface area contributed by atoms with Crippen LogP contribution in [-0.4, -0.2) is 18.1 Å². The number of aryl methyl sites for hydroxylation is 1. The van der Waals surface area contributed by atoms with Crippen LogP contribution in [0.3, 0.4) is 0 Å². The first kappa shape index (κ1) is 15.0. The smallest absolute Gasteiger partial charge is 0.255 e. The van der Waals surface area contributed by atoms with Gasteiger partial charge in [-0.25, -0.2) is 4.39 Å². The van der Waals surface area contributed by atoms with Crippen molar-refractivity contribution in [3.05, 3.63) is 58.9 Å². The van der Waals surface area contributed by atoms with Gasteiger partial charge in [-0.3, -0.25) is 4.79 Å². The van der Waals surface area contributed by atoms with Crippen LogP contribution in [0.4, 0.5) is 10.1 Å². The van der Waals surface area contributed by atoms with Gasteiger partial charge < -0.3 is 15.2 Å². The maximum atomic E-state index is 13.0. The first-order chi connectivity index (χ1) is 10.0. The first-order valence-electron chi connectivity index (χ1n) is 6.40.